The molecule has 0 saturated carbocycles. The van der Waals surface area contributed by atoms with Crippen LogP contribution < -0.4 is 15.4 Å². The molecule has 0 aromatic heterocycles. The predicted octanol–water partition coefficient (Wildman–Crippen LogP) is 1.85. The number of ether oxygens (including phenoxy) is 2. The zero-order chi connectivity index (χ0) is 14.9. The van der Waals surface area contributed by atoms with Gasteiger partial charge in [-0.15, -0.1) is 0 Å². The molecule has 116 valence electrons. The standard InChI is InChI=1S/C16H25N3O2/c1-13-5-6-14(12-19-16-17-7-3-8-18-16)15(11-13)21-10-4-9-20-2/h5-6,11H,3-4,7-10,12H2,1-2H3,(H2,17,18,19). The molecule has 1 aliphatic heterocycles. The van der Waals surface area contributed by atoms with Crippen molar-refractivity contribution in [2.45, 2.75) is 26.3 Å². The first-order chi connectivity index (χ1) is 10.3. The molecule has 0 saturated heterocycles. The minimum Gasteiger partial charge on any atom is -0.493 e. The van der Waals surface area contributed by atoms with E-state index < -0.39 is 0 Å². The molecule has 0 aliphatic carbocycles. The summed E-state index contributed by atoms with van der Waals surface area (Å²) in [7, 11) is 1.71. The molecule has 5 nitrogen and oxygen atoms in total. The molecule has 5 heteroatoms. The third-order valence-corrected chi connectivity index (χ3v) is 3.32. The number of nitrogens with zero attached hydrogens (tertiary/aromatic N) is 1. The summed E-state index contributed by atoms with van der Waals surface area (Å²) >= 11 is 0. The van der Waals surface area contributed by atoms with Crippen molar-refractivity contribution in [3.05, 3.63) is 29.3 Å². The van der Waals surface area contributed by atoms with Crippen molar-refractivity contribution in [2.24, 2.45) is 4.99 Å². The predicted molar refractivity (Wildman–Crippen MR) is 84.9 cm³/mol. The Morgan fingerprint density at radius 3 is 3.00 bits per heavy atom. The summed E-state index contributed by atoms with van der Waals surface area (Å²) in [6.07, 6.45) is 2.00. The molecule has 1 aromatic rings. The Balaban J connectivity index is 1.92. The zero-order valence-corrected chi connectivity index (χ0v) is 12.9. The highest BCUT2D eigenvalue weighted by atomic mass is 16.5. The van der Waals surface area contributed by atoms with Crippen molar-refractivity contribution in [3.8, 4) is 5.75 Å². The van der Waals surface area contributed by atoms with Gasteiger partial charge >= 0.3 is 0 Å². The lowest BCUT2D eigenvalue weighted by Gasteiger charge is -2.17. The lowest BCUT2D eigenvalue weighted by atomic mass is 10.1. The highest BCUT2D eigenvalue weighted by Gasteiger charge is 2.07. The van der Waals surface area contributed by atoms with E-state index >= 15 is 0 Å². The Morgan fingerprint density at radius 1 is 1.33 bits per heavy atom. The minimum absolute atomic E-state index is 0.670. The molecule has 2 rings (SSSR count). The van der Waals surface area contributed by atoms with Gasteiger partial charge in [0.25, 0.3) is 0 Å². The summed E-state index contributed by atoms with van der Waals surface area (Å²) in [4.78, 5) is 4.42. The van der Waals surface area contributed by atoms with E-state index in [9.17, 15) is 0 Å². The van der Waals surface area contributed by atoms with Crippen LogP contribution in [0.1, 0.15) is 24.0 Å². The van der Waals surface area contributed by atoms with Crippen LogP contribution in [0.15, 0.2) is 23.2 Å². The first kappa shape index (κ1) is 15.6. The van der Waals surface area contributed by atoms with E-state index in [4.69, 9.17) is 9.47 Å². The summed E-state index contributed by atoms with van der Waals surface area (Å²) in [5.74, 6) is 1.82. The molecule has 1 aliphatic rings. The van der Waals surface area contributed by atoms with Gasteiger partial charge in [0, 0.05) is 45.3 Å². The maximum atomic E-state index is 5.88. The smallest absolute Gasteiger partial charge is 0.191 e. The quantitative estimate of drug-likeness (QED) is 0.753. The summed E-state index contributed by atoms with van der Waals surface area (Å²) in [6.45, 7) is 6.06. The largest absolute Gasteiger partial charge is 0.493 e. The molecule has 21 heavy (non-hydrogen) atoms. The number of hydrogen-bond donors (Lipinski definition) is 2. The SMILES string of the molecule is COCCCOc1cc(C)ccc1CNC1=NCCCN1. The van der Waals surface area contributed by atoms with E-state index in [2.05, 4.69) is 40.7 Å². The minimum atomic E-state index is 0.670. The molecule has 0 amide bonds. The van der Waals surface area contributed by atoms with E-state index in [-0.39, 0.29) is 0 Å². The number of rotatable bonds is 7. The van der Waals surface area contributed by atoms with E-state index in [0.717, 1.165) is 49.8 Å². The van der Waals surface area contributed by atoms with Gasteiger partial charge in [0.15, 0.2) is 5.96 Å². The van der Waals surface area contributed by atoms with Crippen molar-refractivity contribution in [3.63, 3.8) is 0 Å². The van der Waals surface area contributed by atoms with Gasteiger partial charge in [-0.1, -0.05) is 12.1 Å². The van der Waals surface area contributed by atoms with Crippen molar-refractivity contribution in [2.75, 3.05) is 33.4 Å². The lowest BCUT2D eigenvalue weighted by Crippen LogP contribution is -2.40. The number of hydrogen-bond acceptors (Lipinski definition) is 5. The monoisotopic (exact) mass is 291 g/mol. The van der Waals surface area contributed by atoms with Crippen LogP contribution in [-0.2, 0) is 11.3 Å². The molecule has 0 radical (unpaired) electrons. The van der Waals surface area contributed by atoms with Gasteiger partial charge in [-0.05, 0) is 25.0 Å². The second kappa shape index (κ2) is 8.52. The summed E-state index contributed by atoms with van der Waals surface area (Å²) in [5.41, 5.74) is 2.35. The van der Waals surface area contributed by atoms with Crippen LogP contribution in [0.3, 0.4) is 0 Å². The van der Waals surface area contributed by atoms with Crippen molar-refractivity contribution in [1.29, 1.82) is 0 Å². The van der Waals surface area contributed by atoms with Crippen molar-refractivity contribution < 1.29 is 9.47 Å². The van der Waals surface area contributed by atoms with Crippen LogP contribution in [0.25, 0.3) is 0 Å². The molecule has 1 heterocycles. The van der Waals surface area contributed by atoms with E-state index in [1.165, 1.54) is 5.56 Å². The van der Waals surface area contributed by atoms with Gasteiger partial charge in [-0.2, -0.15) is 0 Å². The van der Waals surface area contributed by atoms with E-state index in [1.807, 2.05) is 0 Å². The Kier molecular flexibility index (Phi) is 6.34. The molecule has 0 atom stereocenters. The lowest BCUT2D eigenvalue weighted by molar-refractivity contribution is 0.171. The Morgan fingerprint density at radius 2 is 2.24 bits per heavy atom. The fraction of sp³-hybridized carbons (Fsp3) is 0.562. The van der Waals surface area contributed by atoms with Gasteiger partial charge in [0.05, 0.1) is 6.61 Å². The van der Waals surface area contributed by atoms with E-state index in [0.29, 0.717) is 13.2 Å². The van der Waals surface area contributed by atoms with E-state index in [1.54, 1.807) is 7.11 Å². The fourth-order valence-corrected chi connectivity index (χ4v) is 2.16. The summed E-state index contributed by atoms with van der Waals surface area (Å²) in [5, 5.41) is 6.60. The maximum Gasteiger partial charge on any atom is 0.191 e. The molecule has 0 unspecified atom stereocenters. The normalized spacial score (nSPS) is 14.3. The number of aryl methyl sites for hydroxylation is 1. The second-order valence-corrected chi connectivity index (χ2v) is 5.17. The average molecular weight is 291 g/mol. The highest BCUT2D eigenvalue weighted by molar-refractivity contribution is 5.80. The number of aliphatic imine (C=N–C) groups is 1. The van der Waals surface area contributed by atoms with Gasteiger partial charge in [-0.25, -0.2) is 0 Å². The van der Waals surface area contributed by atoms with Crippen molar-refractivity contribution >= 4 is 5.96 Å². The molecule has 0 fully saturated rings. The first-order valence-electron chi connectivity index (χ1n) is 7.53. The van der Waals surface area contributed by atoms with Crippen molar-refractivity contribution in [1.82, 2.24) is 10.6 Å². The van der Waals surface area contributed by atoms with Crippen LogP contribution >= 0.6 is 0 Å². The number of benzene rings is 1. The van der Waals surface area contributed by atoms with Crippen LogP contribution in [0.5, 0.6) is 5.75 Å². The zero-order valence-electron chi connectivity index (χ0n) is 12.9. The van der Waals surface area contributed by atoms with Gasteiger partial charge in [0.1, 0.15) is 5.75 Å². The third-order valence-electron chi connectivity index (χ3n) is 3.32. The molecule has 0 bridgehead atoms. The third kappa shape index (κ3) is 5.27. The van der Waals surface area contributed by atoms with Gasteiger partial charge in [-0.3, -0.25) is 4.99 Å². The Bertz CT molecular complexity index is 475. The van der Waals surface area contributed by atoms with Gasteiger partial charge < -0.3 is 20.1 Å². The second-order valence-electron chi connectivity index (χ2n) is 5.17. The number of nitrogens with one attached hydrogen (secondary N) is 2. The summed E-state index contributed by atoms with van der Waals surface area (Å²) < 4.78 is 10.9. The maximum absolute atomic E-state index is 5.88. The van der Waals surface area contributed by atoms with Crippen LogP contribution in [0.2, 0.25) is 0 Å². The Hall–Kier alpha value is -1.75. The van der Waals surface area contributed by atoms with Crippen LogP contribution in [-0.4, -0.2) is 39.4 Å². The first-order valence-corrected chi connectivity index (χ1v) is 7.53. The van der Waals surface area contributed by atoms with Crippen LogP contribution in [0.4, 0.5) is 0 Å². The summed E-state index contributed by atoms with van der Waals surface area (Å²) in [6, 6.07) is 6.30. The van der Waals surface area contributed by atoms with Gasteiger partial charge in [0.2, 0.25) is 0 Å². The Labute approximate surface area is 126 Å². The highest BCUT2D eigenvalue weighted by Crippen LogP contribution is 2.20. The fourth-order valence-electron chi connectivity index (χ4n) is 2.16. The molecular formula is C16H25N3O2. The topological polar surface area (TPSA) is 54.9 Å². The molecule has 0 spiro atoms. The number of guanidine groups is 1. The average Bonchev–Trinajstić information content (AvgIpc) is 2.52. The molecule has 2 N–H and O–H groups in total. The molecule has 1 aromatic carbocycles. The van der Waals surface area contributed by atoms with Crippen LogP contribution in [0, 0.1) is 6.92 Å². The molecular weight excluding hydrogens is 266 g/mol. The number of methoxy groups -OCH3 is 1.